The van der Waals surface area contributed by atoms with Crippen LogP contribution in [0.4, 0.5) is 0 Å². The van der Waals surface area contributed by atoms with E-state index in [1.807, 2.05) is 24.3 Å². The average molecular weight is 373 g/mol. The van der Waals surface area contributed by atoms with Crippen molar-refractivity contribution in [2.24, 2.45) is 0 Å². The molecule has 2 aromatic rings. The summed E-state index contributed by atoms with van der Waals surface area (Å²) < 4.78 is 5.08. The van der Waals surface area contributed by atoms with Crippen LogP contribution in [0.3, 0.4) is 0 Å². The summed E-state index contributed by atoms with van der Waals surface area (Å²) in [6.45, 7) is 0.341. The zero-order valence-electron chi connectivity index (χ0n) is 14.4. The molecule has 2 aromatic carbocycles. The molecule has 0 radical (unpaired) electrons. The van der Waals surface area contributed by atoms with Gasteiger partial charge in [-0.3, -0.25) is 4.79 Å². The first-order valence-corrected chi connectivity index (χ1v) is 9.16. The lowest BCUT2D eigenvalue weighted by Gasteiger charge is -2.06. The third-order valence-electron chi connectivity index (χ3n) is 5.12. The maximum atomic E-state index is 11.9. The van der Waals surface area contributed by atoms with E-state index in [1.165, 1.54) is 5.56 Å². The molecule has 0 saturated carbocycles. The molecular formula is C22H15NO3S. The number of ether oxygens (including phenoxy) is 1. The fourth-order valence-corrected chi connectivity index (χ4v) is 3.99. The number of hydrogen-bond donors (Lipinski definition) is 1. The topological polar surface area (TPSA) is 55.4 Å². The van der Waals surface area contributed by atoms with Crippen LogP contribution in [0.5, 0.6) is 0 Å². The second kappa shape index (κ2) is 5.99. The molecule has 0 unspecified atom stereocenters. The number of rotatable bonds is 2. The first kappa shape index (κ1) is 16.1. The lowest BCUT2D eigenvalue weighted by Crippen LogP contribution is -2.10. The van der Waals surface area contributed by atoms with E-state index in [-0.39, 0.29) is 11.8 Å². The Morgan fingerprint density at radius 2 is 1.81 bits per heavy atom. The van der Waals surface area contributed by atoms with Gasteiger partial charge in [0.05, 0.1) is 22.7 Å². The van der Waals surface area contributed by atoms with Crippen molar-refractivity contribution in [1.29, 1.82) is 0 Å². The highest BCUT2D eigenvalue weighted by Crippen LogP contribution is 2.32. The van der Waals surface area contributed by atoms with E-state index in [4.69, 9.17) is 17.0 Å². The van der Waals surface area contributed by atoms with E-state index in [1.54, 1.807) is 0 Å². The van der Waals surface area contributed by atoms with Gasteiger partial charge in [-0.2, -0.15) is 0 Å². The molecule has 4 nitrogen and oxygen atoms in total. The molecular weight excluding hydrogens is 358 g/mol. The Balaban J connectivity index is 1.46. The number of esters is 1. The Bertz CT molecular complexity index is 1110. The number of hydrogen-bond acceptors (Lipinski definition) is 4. The van der Waals surface area contributed by atoms with Crippen LogP contribution in [0, 0.1) is 0 Å². The van der Waals surface area contributed by atoms with Crippen molar-refractivity contribution < 1.29 is 14.3 Å². The Hall–Kier alpha value is -3.05. The highest BCUT2D eigenvalue weighted by Gasteiger charge is 2.23. The summed E-state index contributed by atoms with van der Waals surface area (Å²) in [6.07, 6.45) is 5.12. The summed E-state index contributed by atoms with van der Waals surface area (Å²) in [7, 11) is 0. The van der Waals surface area contributed by atoms with Crippen LogP contribution >= 0.6 is 12.2 Å². The van der Waals surface area contributed by atoms with Gasteiger partial charge in [-0.1, -0.05) is 36.5 Å². The van der Waals surface area contributed by atoms with Gasteiger partial charge in [-0.25, -0.2) is 4.79 Å². The lowest BCUT2D eigenvalue weighted by molar-refractivity contribution is -0.114. The third kappa shape index (κ3) is 2.80. The quantitative estimate of drug-likeness (QED) is 0.494. The SMILES string of the molecule is O=C1CC(=S)N/C1=C/C1=Cc2cc(-c3ccc4c(c3)COC4=O)ccc2C1. The van der Waals surface area contributed by atoms with Gasteiger partial charge >= 0.3 is 5.97 Å². The normalized spacial score (nSPS) is 19.0. The largest absolute Gasteiger partial charge is 0.457 e. The van der Waals surface area contributed by atoms with E-state index in [0.29, 0.717) is 29.3 Å². The molecule has 0 spiro atoms. The van der Waals surface area contributed by atoms with Crippen LogP contribution in [-0.4, -0.2) is 16.7 Å². The Labute approximate surface area is 161 Å². The molecule has 0 aromatic heterocycles. The van der Waals surface area contributed by atoms with Crippen LogP contribution in [0.1, 0.15) is 33.5 Å². The standard InChI is InChI=1S/C22H15NO3S/c24-20-10-21(27)23-19(20)7-12-5-13-1-2-14(8-16(13)6-12)15-3-4-18-17(9-15)11-26-22(18)25/h1-4,6-9H,5,10-11H2,(H,23,27)/b19-7+. The van der Waals surface area contributed by atoms with Crippen LogP contribution in [-0.2, 0) is 22.6 Å². The second-order valence-corrected chi connectivity index (χ2v) is 7.46. The Kier molecular flexibility index (Phi) is 3.58. The Morgan fingerprint density at radius 1 is 1.00 bits per heavy atom. The van der Waals surface area contributed by atoms with Gasteiger partial charge in [-0.05, 0) is 58.5 Å². The minimum absolute atomic E-state index is 0.0486. The molecule has 27 heavy (non-hydrogen) atoms. The number of Topliss-reactive ketones (excluding diaryl/α,β-unsaturated/α-hetero) is 1. The maximum absolute atomic E-state index is 11.9. The van der Waals surface area contributed by atoms with Crippen molar-refractivity contribution in [2.75, 3.05) is 0 Å². The molecule has 1 fully saturated rings. The smallest absolute Gasteiger partial charge is 0.338 e. The van der Waals surface area contributed by atoms with Crippen LogP contribution in [0.2, 0.25) is 0 Å². The lowest BCUT2D eigenvalue weighted by atomic mass is 9.97. The van der Waals surface area contributed by atoms with Crippen LogP contribution in [0.15, 0.2) is 53.7 Å². The molecule has 132 valence electrons. The summed E-state index contributed by atoms with van der Waals surface area (Å²) in [5.41, 5.74) is 7.81. The van der Waals surface area contributed by atoms with Crippen LogP contribution in [0.25, 0.3) is 17.2 Å². The minimum atomic E-state index is -0.249. The van der Waals surface area contributed by atoms with Crippen LogP contribution < -0.4 is 5.32 Å². The molecule has 0 atom stereocenters. The minimum Gasteiger partial charge on any atom is -0.457 e. The van der Waals surface area contributed by atoms with Crippen molar-refractivity contribution in [2.45, 2.75) is 19.4 Å². The summed E-state index contributed by atoms with van der Waals surface area (Å²) in [5, 5.41) is 2.98. The molecule has 1 N–H and O–H groups in total. The number of carbonyl (C=O) groups excluding carboxylic acids is 2. The summed E-state index contributed by atoms with van der Waals surface area (Å²) >= 11 is 5.07. The van der Waals surface area contributed by atoms with Crippen molar-refractivity contribution in [3.05, 3.63) is 76.0 Å². The molecule has 5 heteroatoms. The van der Waals surface area contributed by atoms with E-state index in [2.05, 4.69) is 29.6 Å². The molecule has 2 heterocycles. The predicted molar refractivity (Wildman–Crippen MR) is 106 cm³/mol. The van der Waals surface area contributed by atoms with Crippen molar-refractivity contribution >= 4 is 35.0 Å². The van der Waals surface area contributed by atoms with E-state index in [0.717, 1.165) is 34.2 Å². The van der Waals surface area contributed by atoms with Gasteiger partial charge in [0.1, 0.15) is 6.61 Å². The van der Waals surface area contributed by atoms with Crippen molar-refractivity contribution in [1.82, 2.24) is 5.32 Å². The third-order valence-corrected chi connectivity index (χ3v) is 5.37. The van der Waals surface area contributed by atoms with Gasteiger partial charge in [0, 0.05) is 5.56 Å². The number of benzene rings is 2. The molecule has 3 aliphatic rings. The van der Waals surface area contributed by atoms with Gasteiger partial charge in [0.15, 0.2) is 5.78 Å². The fourth-order valence-electron chi connectivity index (χ4n) is 3.75. The summed E-state index contributed by atoms with van der Waals surface area (Å²) in [4.78, 5) is 24.1. The van der Waals surface area contributed by atoms with Gasteiger partial charge in [-0.15, -0.1) is 0 Å². The molecule has 1 aliphatic carbocycles. The maximum Gasteiger partial charge on any atom is 0.338 e. The highest BCUT2D eigenvalue weighted by atomic mass is 32.1. The number of fused-ring (bicyclic) bond motifs is 2. The molecule has 0 amide bonds. The number of ketones is 1. The summed E-state index contributed by atoms with van der Waals surface area (Å²) in [5.74, 6) is -0.201. The highest BCUT2D eigenvalue weighted by molar-refractivity contribution is 7.80. The van der Waals surface area contributed by atoms with Gasteiger partial charge in [0.2, 0.25) is 0 Å². The summed E-state index contributed by atoms with van der Waals surface area (Å²) in [6, 6.07) is 12.2. The van der Waals surface area contributed by atoms with Crippen molar-refractivity contribution in [3.8, 4) is 11.1 Å². The van der Waals surface area contributed by atoms with E-state index >= 15 is 0 Å². The predicted octanol–water partition coefficient (Wildman–Crippen LogP) is 3.74. The van der Waals surface area contributed by atoms with Gasteiger partial charge < -0.3 is 10.1 Å². The number of nitrogens with one attached hydrogen (secondary N) is 1. The second-order valence-electron chi connectivity index (χ2n) is 6.96. The number of cyclic esters (lactones) is 1. The average Bonchev–Trinajstić information content (AvgIpc) is 3.31. The van der Waals surface area contributed by atoms with Crippen molar-refractivity contribution in [3.63, 3.8) is 0 Å². The zero-order chi connectivity index (χ0) is 18.5. The first-order chi connectivity index (χ1) is 13.1. The monoisotopic (exact) mass is 373 g/mol. The molecule has 5 rings (SSSR count). The number of thiocarbonyl (C=S) groups is 1. The fraction of sp³-hybridized carbons (Fsp3) is 0.136. The zero-order valence-corrected chi connectivity index (χ0v) is 15.2. The van der Waals surface area contributed by atoms with E-state index in [9.17, 15) is 9.59 Å². The number of allylic oxidation sites excluding steroid dienone is 3. The molecule has 0 bridgehead atoms. The molecule has 2 aliphatic heterocycles. The molecule has 1 saturated heterocycles. The van der Waals surface area contributed by atoms with Gasteiger partial charge in [0.25, 0.3) is 0 Å². The Morgan fingerprint density at radius 3 is 2.63 bits per heavy atom. The van der Waals surface area contributed by atoms with E-state index < -0.39 is 0 Å². The number of carbonyl (C=O) groups is 2. The first-order valence-electron chi connectivity index (χ1n) is 8.75.